The second kappa shape index (κ2) is 4.84. The summed E-state index contributed by atoms with van der Waals surface area (Å²) in [7, 11) is 1.38. The summed E-state index contributed by atoms with van der Waals surface area (Å²) >= 11 is 0. The van der Waals surface area contributed by atoms with Crippen LogP contribution in [0.2, 0.25) is 0 Å². The molecule has 0 amide bonds. The Morgan fingerprint density at radius 2 is 2.46 bits per heavy atom. The maximum absolute atomic E-state index is 11.0. The van der Waals surface area contributed by atoms with Gasteiger partial charge in [-0.3, -0.25) is 4.79 Å². The second-order valence-corrected chi connectivity index (χ2v) is 3.31. The largest absolute Gasteiger partial charge is 0.469 e. The van der Waals surface area contributed by atoms with Crippen LogP contribution in [-0.2, 0) is 9.53 Å². The van der Waals surface area contributed by atoms with Crippen molar-refractivity contribution in [3.05, 3.63) is 0 Å². The predicted octanol–water partition coefficient (Wildman–Crippen LogP) is 1.57. The van der Waals surface area contributed by atoms with Gasteiger partial charge in [0.2, 0.25) is 0 Å². The van der Waals surface area contributed by atoms with Crippen LogP contribution in [0.5, 0.6) is 0 Å². The summed E-state index contributed by atoms with van der Waals surface area (Å²) in [5, 5.41) is 11.9. The molecule has 0 heterocycles. The van der Waals surface area contributed by atoms with E-state index >= 15 is 0 Å². The standard InChI is InChI=1S/C9H15NO3/c1-13-9(11)6-7-4-2-3-5-8(7)10-12/h7,12H,2-6H2,1H3/b10-8+. The second-order valence-electron chi connectivity index (χ2n) is 3.31. The van der Waals surface area contributed by atoms with Crippen molar-refractivity contribution in [1.82, 2.24) is 0 Å². The molecule has 1 aliphatic rings. The molecule has 1 atom stereocenters. The summed E-state index contributed by atoms with van der Waals surface area (Å²) in [6, 6.07) is 0. The van der Waals surface area contributed by atoms with Crippen LogP contribution in [0.4, 0.5) is 0 Å². The average Bonchev–Trinajstić information content (AvgIpc) is 2.18. The van der Waals surface area contributed by atoms with Gasteiger partial charge in [-0.2, -0.15) is 0 Å². The SMILES string of the molecule is COC(=O)CC1CCCC/C1=N\O. The minimum Gasteiger partial charge on any atom is -0.469 e. The van der Waals surface area contributed by atoms with E-state index in [9.17, 15) is 4.79 Å². The van der Waals surface area contributed by atoms with Crippen molar-refractivity contribution in [2.45, 2.75) is 32.1 Å². The van der Waals surface area contributed by atoms with Crippen LogP contribution in [-0.4, -0.2) is 24.0 Å². The fourth-order valence-electron chi connectivity index (χ4n) is 1.70. The van der Waals surface area contributed by atoms with Gasteiger partial charge >= 0.3 is 5.97 Å². The van der Waals surface area contributed by atoms with Crippen molar-refractivity contribution >= 4 is 11.7 Å². The summed E-state index contributed by atoms with van der Waals surface area (Å²) in [4.78, 5) is 11.0. The van der Waals surface area contributed by atoms with Crippen LogP contribution in [0.1, 0.15) is 32.1 Å². The number of ether oxygens (including phenoxy) is 1. The summed E-state index contributed by atoms with van der Waals surface area (Å²) in [6.45, 7) is 0. The maximum Gasteiger partial charge on any atom is 0.306 e. The van der Waals surface area contributed by atoms with Crippen LogP contribution in [0, 0.1) is 5.92 Å². The van der Waals surface area contributed by atoms with Gasteiger partial charge in [0.05, 0.1) is 19.2 Å². The first-order valence-electron chi connectivity index (χ1n) is 4.55. The molecule has 1 fully saturated rings. The molecule has 0 bridgehead atoms. The van der Waals surface area contributed by atoms with E-state index in [0.29, 0.717) is 6.42 Å². The van der Waals surface area contributed by atoms with Gasteiger partial charge in [0.1, 0.15) is 0 Å². The van der Waals surface area contributed by atoms with E-state index in [-0.39, 0.29) is 11.9 Å². The van der Waals surface area contributed by atoms with Gasteiger partial charge in [-0.05, 0) is 19.3 Å². The molecular formula is C9H15NO3. The molecule has 0 radical (unpaired) electrons. The Labute approximate surface area is 77.6 Å². The molecular weight excluding hydrogens is 170 g/mol. The number of oxime groups is 1. The number of nitrogens with zero attached hydrogens (tertiary/aromatic N) is 1. The van der Waals surface area contributed by atoms with E-state index in [2.05, 4.69) is 9.89 Å². The molecule has 0 aromatic carbocycles. The molecule has 4 heteroatoms. The monoisotopic (exact) mass is 185 g/mol. The first-order valence-corrected chi connectivity index (χ1v) is 4.55. The lowest BCUT2D eigenvalue weighted by Gasteiger charge is -2.21. The molecule has 0 aliphatic heterocycles. The van der Waals surface area contributed by atoms with Crippen LogP contribution in [0.25, 0.3) is 0 Å². The first-order chi connectivity index (χ1) is 6.27. The summed E-state index contributed by atoms with van der Waals surface area (Å²) in [6.07, 6.45) is 4.22. The number of carbonyl (C=O) groups excluding carboxylic acids is 1. The smallest absolute Gasteiger partial charge is 0.306 e. The number of hydrogen-bond donors (Lipinski definition) is 1. The van der Waals surface area contributed by atoms with E-state index in [0.717, 1.165) is 31.4 Å². The van der Waals surface area contributed by atoms with Crippen LogP contribution < -0.4 is 0 Å². The zero-order valence-corrected chi connectivity index (χ0v) is 7.82. The fourth-order valence-corrected chi connectivity index (χ4v) is 1.70. The molecule has 0 saturated heterocycles. The molecule has 1 saturated carbocycles. The molecule has 13 heavy (non-hydrogen) atoms. The van der Waals surface area contributed by atoms with E-state index in [1.807, 2.05) is 0 Å². The highest BCUT2D eigenvalue weighted by molar-refractivity contribution is 5.89. The highest BCUT2D eigenvalue weighted by atomic mass is 16.5. The van der Waals surface area contributed by atoms with Gasteiger partial charge in [0.25, 0.3) is 0 Å². The highest BCUT2D eigenvalue weighted by Crippen LogP contribution is 2.24. The van der Waals surface area contributed by atoms with Gasteiger partial charge in [-0.15, -0.1) is 0 Å². The lowest BCUT2D eigenvalue weighted by Crippen LogP contribution is -2.22. The third-order valence-corrected chi connectivity index (χ3v) is 2.48. The Bertz CT molecular complexity index is 213. The Morgan fingerprint density at radius 1 is 1.69 bits per heavy atom. The van der Waals surface area contributed by atoms with Crippen molar-refractivity contribution in [1.29, 1.82) is 0 Å². The van der Waals surface area contributed by atoms with Crippen LogP contribution in [0.15, 0.2) is 5.16 Å². The number of methoxy groups -OCH3 is 1. The fraction of sp³-hybridized carbons (Fsp3) is 0.778. The average molecular weight is 185 g/mol. The zero-order valence-electron chi connectivity index (χ0n) is 7.82. The Hall–Kier alpha value is -1.06. The van der Waals surface area contributed by atoms with E-state index in [1.54, 1.807) is 0 Å². The van der Waals surface area contributed by atoms with Crippen LogP contribution in [0.3, 0.4) is 0 Å². The third-order valence-electron chi connectivity index (χ3n) is 2.48. The molecule has 1 N–H and O–H groups in total. The minimum atomic E-state index is -0.229. The molecule has 1 unspecified atom stereocenters. The molecule has 4 nitrogen and oxygen atoms in total. The third kappa shape index (κ3) is 2.72. The lowest BCUT2D eigenvalue weighted by molar-refractivity contribution is -0.141. The molecule has 1 aliphatic carbocycles. The summed E-state index contributed by atoms with van der Waals surface area (Å²) < 4.78 is 4.57. The highest BCUT2D eigenvalue weighted by Gasteiger charge is 2.23. The number of esters is 1. The van der Waals surface area contributed by atoms with E-state index in [1.165, 1.54) is 7.11 Å². The van der Waals surface area contributed by atoms with Gasteiger partial charge in [-0.25, -0.2) is 0 Å². The normalized spacial score (nSPS) is 25.9. The van der Waals surface area contributed by atoms with Gasteiger partial charge in [-0.1, -0.05) is 11.6 Å². The quantitative estimate of drug-likeness (QED) is 0.403. The predicted molar refractivity (Wildman–Crippen MR) is 47.8 cm³/mol. The van der Waals surface area contributed by atoms with Crippen molar-refractivity contribution in [3.63, 3.8) is 0 Å². The lowest BCUT2D eigenvalue weighted by atomic mass is 9.85. The Morgan fingerprint density at radius 3 is 3.08 bits per heavy atom. The zero-order chi connectivity index (χ0) is 9.68. The number of carbonyl (C=O) groups is 1. The van der Waals surface area contributed by atoms with Crippen molar-refractivity contribution in [2.24, 2.45) is 11.1 Å². The van der Waals surface area contributed by atoms with Crippen molar-refractivity contribution < 1.29 is 14.7 Å². The van der Waals surface area contributed by atoms with Gasteiger partial charge in [0, 0.05) is 5.92 Å². The molecule has 1 rings (SSSR count). The number of hydrogen-bond acceptors (Lipinski definition) is 4. The first kappa shape index (κ1) is 10.0. The maximum atomic E-state index is 11.0. The van der Waals surface area contributed by atoms with Crippen LogP contribution >= 0.6 is 0 Å². The molecule has 0 aromatic rings. The van der Waals surface area contributed by atoms with E-state index < -0.39 is 0 Å². The molecule has 0 spiro atoms. The molecule has 74 valence electrons. The molecule has 0 aromatic heterocycles. The topological polar surface area (TPSA) is 58.9 Å². The van der Waals surface area contributed by atoms with Gasteiger partial charge in [0.15, 0.2) is 0 Å². The van der Waals surface area contributed by atoms with Crippen molar-refractivity contribution in [3.8, 4) is 0 Å². The van der Waals surface area contributed by atoms with E-state index in [4.69, 9.17) is 5.21 Å². The van der Waals surface area contributed by atoms with Crippen molar-refractivity contribution in [2.75, 3.05) is 7.11 Å². The van der Waals surface area contributed by atoms with Gasteiger partial charge < -0.3 is 9.94 Å². The minimum absolute atomic E-state index is 0.0891. The Kier molecular flexibility index (Phi) is 3.73. The number of rotatable bonds is 2. The Balaban J connectivity index is 2.50. The summed E-state index contributed by atoms with van der Waals surface area (Å²) in [5.74, 6) is -0.140. The summed E-state index contributed by atoms with van der Waals surface area (Å²) in [5.41, 5.74) is 0.747.